The van der Waals surface area contributed by atoms with Gasteiger partial charge >= 0.3 is 0 Å². The van der Waals surface area contributed by atoms with E-state index >= 15 is 0 Å². The molecule has 1 aliphatic heterocycles. The molecule has 22 heavy (non-hydrogen) atoms. The number of aromatic nitrogens is 1. The number of nitrogens with zero attached hydrogens (tertiary/aromatic N) is 3. The third-order valence-electron chi connectivity index (χ3n) is 3.85. The van der Waals surface area contributed by atoms with Crippen molar-refractivity contribution in [3.05, 3.63) is 41.4 Å². The van der Waals surface area contributed by atoms with Gasteiger partial charge in [0.2, 0.25) is 17.5 Å². The van der Waals surface area contributed by atoms with Crippen LogP contribution < -0.4 is 9.64 Å². The molecule has 5 heteroatoms. The summed E-state index contributed by atoms with van der Waals surface area (Å²) in [7, 11) is 0. The summed E-state index contributed by atoms with van der Waals surface area (Å²) in [5.41, 5.74) is 1.41. The topological polar surface area (TPSA) is 62.3 Å². The zero-order valence-electron chi connectivity index (χ0n) is 12.7. The molecule has 0 N–H and O–H groups in total. The maximum absolute atomic E-state index is 9.25. The number of oxazole rings is 1. The summed E-state index contributed by atoms with van der Waals surface area (Å²) in [6, 6.07) is 9.92. The number of piperidine rings is 1. The highest BCUT2D eigenvalue weighted by atomic mass is 16.5. The molecule has 1 fully saturated rings. The second-order valence-electron chi connectivity index (χ2n) is 5.48. The predicted octanol–water partition coefficient (Wildman–Crippen LogP) is 3.42. The monoisotopic (exact) mass is 297 g/mol. The molecule has 2 heterocycles. The van der Waals surface area contributed by atoms with Gasteiger partial charge in [-0.1, -0.05) is 18.2 Å². The highest BCUT2D eigenvalue weighted by Gasteiger charge is 2.21. The number of para-hydroxylation sites is 1. The van der Waals surface area contributed by atoms with Crippen LogP contribution in [0.15, 0.2) is 28.7 Å². The lowest BCUT2D eigenvalue weighted by molar-refractivity contribution is 0.261. The Morgan fingerprint density at radius 3 is 2.77 bits per heavy atom. The fourth-order valence-electron chi connectivity index (χ4n) is 2.66. The third kappa shape index (κ3) is 3.06. The molecule has 0 atom stereocenters. The number of hydrogen-bond donors (Lipinski definition) is 0. The van der Waals surface area contributed by atoms with Gasteiger partial charge in [-0.05, 0) is 37.8 Å². The molecule has 1 saturated heterocycles. The minimum absolute atomic E-state index is 0.230. The number of benzene rings is 1. The third-order valence-corrected chi connectivity index (χ3v) is 3.85. The van der Waals surface area contributed by atoms with Gasteiger partial charge in [-0.2, -0.15) is 10.2 Å². The minimum Gasteiger partial charge on any atom is -0.484 e. The van der Waals surface area contributed by atoms with Gasteiger partial charge in [0.05, 0.1) is 0 Å². The van der Waals surface area contributed by atoms with Crippen LogP contribution in [0.25, 0.3) is 0 Å². The number of nitriles is 1. The number of anilines is 1. The molecule has 1 aliphatic rings. The summed E-state index contributed by atoms with van der Waals surface area (Å²) in [6.45, 7) is 4.06. The van der Waals surface area contributed by atoms with E-state index in [1.54, 1.807) is 0 Å². The van der Waals surface area contributed by atoms with Crippen molar-refractivity contribution >= 4 is 5.88 Å². The van der Waals surface area contributed by atoms with Crippen LogP contribution in [0.4, 0.5) is 5.88 Å². The molecule has 0 bridgehead atoms. The Morgan fingerprint density at radius 1 is 1.27 bits per heavy atom. The Hall–Kier alpha value is -2.48. The van der Waals surface area contributed by atoms with E-state index in [4.69, 9.17) is 9.15 Å². The first-order valence-corrected chi connectivity index (χ1v) is 7.61. The smallest absolute Gasteiger partial charge is 0.236 e. The van der Waals surface area contributed by atoms with Gasteiger partial charge in [0, 0.05) is 13.1 Å². The van der Waals surface area contributed by atoms with Crippen LogP contribution in [0.2, 0.25) is 0 Å². The second kappa shape index (κ2) is 6.52. The molecule has 0 amide bonds. The van der Waals surface area contributed by atoms with E-state index in [1.807, 2.05) is 31.2 Å². The van der Waals surface area contributed by atoms with Crippen molar-refractivity contribution in [3.8, 4) is 11.8 Å². The van der Waals surface area contributed by atoms with E-state index in [-0.39, 0.29) is 6.61 Å². The Balaban J connectivity index is 1.73. The number of rotatable bonds is 4. The molecule has 1 aromatic carbocycles. The van der Waals surface area contributed by atoms with E-state index in [0.717, 1.165) is 37.2 Å². The molecule has 0 unspecified atom stereocenters. The van der Waals surface area contributed by atoms with Gasteiger partial charge in [-0.15, -0.1) is 0 Å². The molecule has 3 rings (SSSR count). The van der Waals surface area contributed by atoms with Gasteiger partial charge in [-0.3, -0.25) is 0 Å². The lowest BCUT2D eigenvalue weighted by Gasteiger charge is -2.25. The van der Waals surface area contributed by atoms with Crippen molar-refractivity contribution in [2.24, 2.45) is 0 Å². The Labute approximate surface area is 130 Å². The molecular weight excluding hydrogens is 278 g/mol. The van der Waals surface area contributed by atoms with E-state index < -0.39 is 0 Å². The molecular formula is C17H19N3O2. The zero-order chi connectivity index (χ0) is 15.4. The fourth-order valence-corrected chi connectivity index (χ4v) is 2.66. The first-order valence-electron chi connectivity index (χ1n) is 7.61. The highest BCUT2D eigenvalue weighted by molar-refractivity contribution is 5.48. The highest BCUT2D eigenvalue weighted by Crippen LogP contribution is 2.26. The maximum Gasteiger partial charge on any atom is 0.236 e. The molecule has 0 spiro atoms. The standard InChI is InChI=1S/C17H19N3O2/c1-13-7-3-4-8-15(13)21-12-16-19-14(11-18)17(22-16)20-9-5-2-6-10-20/h3-4,7-8H,2,5-6,9-10,12H2,1H3. The summed E-state index contributed by atoms with van der Waals surface area (Å²) >= 11 is 0. The van der Waals surface area contributed by atoms with E-state index in [9.17, 15) is 5.26 Å². The minimum atomic E-state index is 0.230. The van der Waals surface area contributed by atoms with Crippen LogP contribution in [0.3, 0.4) is 0 Å². The molecule has 1 aromatic heterocycles. The first kappa shape index (κ1) is 14.5. The number of aryl methyl sites for hydroxylation is 1. The van der Waals surface area contributed by atoms with E-state index in [2.05, 4.69) is 16.0 Å². The molecule has 2 aromatic rings. The molecule has 114 valence electrons. The van der Waals surface area contributed by atoms with Gasteiger partial charge in [0.15, 0.2) is 6.61 Å². The Kier molecular flexibility index (Phi) is 4.29. The summed E-state index contributed by atoms with van der Waals surface area (Å²) in [6.07, 6.45) is 3.48. The van der Waals surface area contributed by atoms with Crippen LogP contribution in [0, 0.1) is 18.3 Å². The maximum atomic E-state index is 9.25. The second-order valence-corrected chi connectivity index (χ2v) is 5.48. The van der Waals surface area contributed by atoms with E-state index in [0.29, 0.717) is 17.5 Å². The van der Waals surface area contributed by atoms with Gasteiger partial charge < -0.3 is 14.1 Å². The predicted molar refractivity (Wildman–Crippen MR) is 82.8 cm³/mol. The Bertz CT molecular complexity index is 681. The van der Waals surface area contributed by atoms with Crippen molar-refractivity contribution in [1.82, 2.24) is 4.98 Å². The summed E-state index contributed by atoms with van der Waals surface area (Å²) in [4.78, 5) is 6.36. The lowest BCUT2D eigenvalue weighted by Crippen LogP contribution is -2.29. The van der Waals surface area contributed by atoms with Crippen LogP contribution in [0.5, 0.6) is 5.75 Å². The van der Waals surface area contributed by atoms with Gasteiger partial charge in [0.1, 0.15) is 11.8 Å². The van der Waals surface area contributed by atoms with Crippen molar-refractivity contribution in [3.63, 3.8) is 0 Å². The molecule has 0 saturated carbocycles. The molecule has 5 nitrogen and oxygen atoms in total. The van der Waals surface area contributed by atoms with Crippen molar-refractivity contribution in [2.75, 3.05) is 18.0 Å². The van der Waals surface area contributed by atoms with Gasteiger partial charge in [-0.25, -0.2) is 0 Å². The average molecular weight is 297 g/mol. The van der Waals surface area contributed by atoms with Crippen molar-refractivity contribution in [1.29, 1.82) is 5.26 Å². The largest absolute Gasteiger partial charge is 0.484 e. The van der Waals surface area contributed by atoms with Crippen molar-refractivity contribution in [2.45, 2.75) is 32.8 Å². The zero-order valence-corrected chi connectivity index (χ0v) is 12.7. The van der Waals surface area contributed by atoms with E-state index in [1.165, 1.54) is 6.42 Å². The van der Waals surface area contributed by atoms with Crippen LogP contribution in [-0.4, -0.2) is 18.1 Å². The SMILES string of the molecule is Cc1ccccc1OCc1nc(C#N)c(N2CCCCC2)o1. The first-order chi connectivity index (χ1) is 10.8. The summed E-state index contributed by atoms with van der Waals surface area (Å²) in [5.74, 6) is 1.84. The number of hydrogen-bond acceptors (Lipinski definition) is 5. The van der Waals surface area contributed by atoms with Crippen LogP contribution in [0.1, 0.15) is 36.4 Å². The van der Waals surface area contributed by atoms with Crippen LogP contribution >= 0.6 is 0 Å². The fraction of sp³-hybridized carbons (Fsp3) is 0.412. The molecule has 0 radical (unpaired) electrons. The number of ether oxygens (including phenoxy) is 1. The van der Waals surface area contributed by atoms with Crippen LogP contribution in [-0.2, 0) is 6.61 Å². The normalized spacial score (nSPS) is 14.6. The molecule has 0 aliphatic carbocycles. The Morgan fingerprint density at radius 2 is 2.05 bits per heavy atom. The quantitative estimate of drug-likeness (QED) is 0.865. The van der Waals surface area contributed by atoms with Crippen molar-refractivity contribution < 1.29 is 9.15 Å². The summed E-state index contributed by atoms with van der Waals surface area (Å²) < 4.78 is 11.5. The summed E-state index contributed by atoms with van der Waals surface area (Å²) in [5, 5.41) is 9.25. The lowest BCUT2D eigenvalue weighted by atomic mass is 10.1. The van der Waals surface area contributed by atoms with Gasteiger partial charge in [0.25, 0.3) is 0 Å². The average Bonchev–Trinajstić information content (AvgIpc) is 2.98.